The van der Waals surface area contributed by atoms with Crippen molar-refractivity contribution in [2.75, 3.05) is 25.0 Å². The summed E-state index contributed by atoms with van der Waals surface area (Å²) in [6.07, 6.45) is 0.0425. The molecule has 3 heterocycles. The number of carbonyl (C=O) groups excluding carboxylic acids is 1. The van der Waals surface area contributed by atoms with Crippen molar-refractivity contribution >= 4 is 33.7 Å². The van der Waals surface area contributed by atoms with E-state index in [0.717, 1.165) is 36.0 Å². The van der Waals surface area contributed by atoms with Gasteiger partial charge in [-0.25, -0.2) is 9.97 Å². The SMILES string of the molecule is CC(=O)Nc1nc(CN2CCOC(c3nc(C)cs3)C2)cs1. The van der Waals surface area contributed by atoms with Gasteiger partial charge in [0.25, 0.3) is 0 Å². The molecule has 0 saturated carbocycles. The fourth-order valence-corrected chi connectivity index (χ4v) is 3.91. The molecule has 0 aromatic carbocycles. The summed E-state index contributed by atoms with van der Waals surface area (Å²) in [5, 5.41) is 8.46. The molecule has 0 aliphatic carbocycles. The highest BCUT2D eigenvalue weighted by Crippen LogP contribution is 2.26. The molecule has 1 atom stereocenters. The standard InChI is InChI=1S/C14H18N4O2S2/c1-9-7-21-13(15-9)12-6-18(3-4-20-12)5-11-8-22-14(17-11)16-10(2)19/h7-8,12H,3-6H2,1-2H3,(H,16,17,19). The number of morpholine rings is 1. The van der Waals surface area contributed by atoms with Gasteiger partial charge in [0.1, 0.15) is 11.1 Å². The predicted octanol–water partition coefficient (Wildman–Crippen LogP) is 2.44. The number of nitrogens with zero attached hydrogens (tertiary/aromatic N) is 3. The first kappa shape index (κ1) is 15.5. The van der Waals surface area contributed by atoms with Crippen molar-refractivity contribution < 1.29 is 9.53 Å². The van der Waals surface area contributed by atoms with Gasteiger partial charge in [0.15, 0.2) is 5.13 Å². The van der Waals surface area contributed by atoms with Crippen LogP contribution in [0.1, 0.15) is 29.4 Å². The summed E-state index contributed by atoms with van der Waals surface area (Å²) in [6, 6.07) is 0. The van der Waals surface area contributed by atoms with Crippen LogP contribution in [-0.2, 0) is 16.1 Å². The molecule has 1 N–H and O–H groups in total. The van der Waals surface area contributed by atoms with Gasteiger partial charge in [-0.05, 0) is 6.92 Å². The summed E-state index contributed by atoms with van der Waals surface area (Å²) in [6.45, 7) is 6.66. The molecule has 1 fully saturated rings. The first-order chi connectivity index (χ1) is 10.6. The molecular formula is C14H18N4O2S2. The van der Waals surface area contributed by atoms with E-state index in [1.54, 1.807) is 11.3 Å². The van der Waals surface area contributed by atoms with E-state index in [1.165, 1.54) is 18.3 Å². The summed E-state index contributed by atoms with van der Waals surface area (Å²) >= 11 is 3.11. The van der Waals surface area contributed by atoms with Crippen LogP contribution in [-0.4, -0.2) is 40.5 Å². The number of thiazole rings is 2. The molecule has 0 bridgehead atoms. The van der Waals surface area contributed by atoms with Gasteiger partial charge in [-0.1, -0.05) is 0 Å². The first-order valence-corrected chi connectivity index (χ1v) is 8.84. The highest BCUT2D eigenvalue weighted by molar-refractivity contribution is 7.13. The maximum atomic E-state index is 11.0. The topological polar surface area (TPSA) is 67.4 Å². The van der Waals surface area contributed by atoms with Crippen LogP contribution in [0.5, 0.6) is 0 Å². The molecule has 1 amide bonds. The number of hydrogen-bond acceptors (Lipinski definition) is 7. The Kier molecular flexibility index (Phi) is 4.82. The van der Waals surface area contributed by atoms with E-state index in [0.29, 0.717) is 11.7 Å². The molecule has 1 saturated heterocycles. The van der Waals surface area contributed by atoms with Gasteiger partial charge in [-0.3, -0.25) is 9.69 Å². The molecule has 6 nitrogen and oxygen atoms in total. The largest absolute Gasteiger partial charge is 0.368 e. The molecule has 8 heteroatoms. The molecule has 0 radical (unpaired) electrons. The van der Waals surface area contributed by atoms with Crippen LogP contribution in [0.2, 0.25) is 0 Å². The van der Waals surface area contributed by atoms with Gasteiger partial charge in [-0.2, -0.15) is 0 Å². The molecule has 118 valence electrons. The van der Waals surface area contributed by atoms with Crippen molar-refractivity contribution in [2.45, 2.75) is 26.5 Å². The number of anilines is 1. The number of aryl methyl sites for hydroxylation is 1. The van der Waals surface area contributed by atoms with Crippen LogP contribution >= 0.6 is 22.7 Å². The van der Waals surface area contributed by atoms with E-state index in [-0.39, 0.29) is 12.0 Å². The van der Waals surface area contributed by atoms with Gasteiger partial charge in [-0.15, -0.1) is 22.7 Å². The van der Waals surface area contributed by atoms with E-state index >= 15 is 0 Å². The first-order valence-electron chi connectivity index (χ1n) is 7.08. The average molecular weight is 338 g/mol. The van der Waals surface area contributed by atoms with E-state index in [1.807, 2.05) is 12.3 Å². The summed E-state index contributed by atoms with van der Waals surface area (Å²) in [5.41, 5.74) is 2.02. The highest BCUT2D eigenvalue weighted by Gasteiger charge is 2.24. The van der Waals surface area contributed by atoms with Crippen molar-refractivity contribution in [3.05, 3.63) is 27.2 Å². The lowest BCUT2D eigenvalue weighted by atomic mass is 10.2. The molecular weight excluding hydrogens is 320 g/mol. The Bertz CT molecular complexity index is 655. The Morgan fingerprint density at radius 3 is 3.05 bits per heavy atom. The van der Waals surface area contributed by atoms with Crippen LogP contribution in [0.4, 0.5) is 5.13 Å². The lowest BCUT2D eigenvalue weighted by Crippen LogP contribution is -2.37. The number of carbonyl (C=O) groups is 1. The molecule has 2 aromatic heterocycles. The Hall–Kier alpha value is -1.35. The molecule has 0 spiro atoms. The van der Waals surface area contributed by atoms with E-state index in [9.17, 15) is 4.79 Å². The highest BCUT2D eigenvalue weighted by atomic mass is 32.1. The molecule has 1 unspecified atom stereocenters. The van der Waals surface area contributed by atoms with E-state index < -0.39 is 0 Å². The van der Waals surface area contributed by atoms with Crippen LogP contribution in [0, 0.1) is 6.92 Å². The third-order valence-corrected chi connectivity index (χ3v) is 5.14. The minimum atomic E-state index is -0.0912. The number of rotatable bonds is 4. The van der Waals surface area contributed by atoms with Crippen molar-refractivity contribution in [3.8, 4) is 0 Å². The summed E-state index contributed by atoms with van der Waals surface area (Å²) in [7, 11) is 0. The molecule has 3 rings (SSSR count). The van der Waals surface area contributed by atoms with Crippen LogP contribution in [0.15, 0.2) is 10.8 Å². The van der Waals surface area contributed by atoms with Crippen molar-refractivity contribution in [1.82, 2.24) is 14.9 Å². The van der Waals surface area contributed by atoms with Gasteiger partial charge in [0, 0.05) is 43.0 Å². The molecule has 22 heavy (non-hydrogen) atoms. The average Bonchev–Trinajstić information content (AvgIpc) is 3.08. The number of hydrogen-bond donors (Lipinski definition) is 1. The van der Waals surface area contributed by atoms with E-state index in [4.69, 9.17) is 4.74 Å². The van der Waals surface area contributed by atoms with E-state index in [2.05, 4.69) is 25.6 Å². The summed E-state index contributed by atoms with van der Waals surface area (Å²) in [5.74, 6) is -0.0912. The quantitative estimate of drug-likeness (QED) is 0.927. The zero-order valence-corrected chi connectivity index (χ0v) is 14.2. The lowest BCUT2D eigenvalue weighted by Gasteiger charge is -2.31. The monoisotopic (exact) mass is 338 g/mol. The van der Waals surface area contributed by atoms with Crippen molar-refractivity contribution in [1.29, 1.82) is 0 Å². The number of nitrogens with one attached hydrogen (secondary N) is 1. The predicted molar refractivity (Wildman–Crippen MR) is 87.2 cm³/mol. The smallest absolute Gasteiger partial charge is 0.223 e. The van der Waals surface area contributed by atoms with Crippen LogP contribution < -0.4 is 5.32 Å². The summed E-state index contributed by atoms with van der Waals surface area (Å²) < 4.78 is 5.83. The Morgan fingerprint density at radius 2 is 2.32 bits per heavy atom. The fraction of sp³-hybridized carbons (Fsp3) is 0.500. The zero-order chi connectivity index (χ0) is 15.5. The molecule has 1 aliphatic heterocycles. The summed E-state index contributed by atoms with van der Waals surface area (Å²) in [4.78, 5) is 22.3. The number of amides is 1. The Morgan fingerprint density at radius 1 is 1.45 bits per heavy atom. The maximum absolute atomic E-state index is 11.0. The Labute approximate surface area is 137 Å². The van der Waals surface area contributed by atoms with Gasteiger partial charge in [0.05, 0.1) is 12.3 Å². The van der Waals surface area contributed by atoms with Crippen LogP contribution in [0.25, 0.3) is 0 Å². The normalized spacial score (nSPS) is 19.3. The zero-order valence-electron chi connectivity index (χ0n) is 12.5. The fourth-order valence-electron chi connectivity index (χ4n) is 2.33. The minimum absolute atomic E-state index is 0.0425. The second-order valence-corrected chi connectivity index (χ2v) is 6.99. The number of ether oxygens (including phenoxy) is 1. The minimum Gasteiger partial charge on any atom is -0.368 e. The second-order valence-electron chi connectivity index (χ2n) is 5.25. The molecule has 2 aromatic rings. The number of aromatic nitrogens is 2. The maximum Gasteiger partial charge on any atom is 0.223 e. The second kappa shape index (κ2) is 6.82. The third kappa shape index (κ3) is 3.89. The van der Waals surface area contributed by atoms with Crippen LogP contribution in [0.3, 0.4) is 0 Å². The van der Waals surface area contributed by atoms with Gasteiger partial charge < -0.3 is 10.1 Å². The van der Waals surface area contributed by atoms with Gasteiger partial charge in [0.2, 0.25) is 5.91 Å². The third-order valence-electron chi connectivity index (χ3n) is 3.28. The van der Waals surface area contributed by atoms with Gasteiger partial charge >= 0.3 is 0 Å². The van der Waals surface area contributed by atoms with Crippen molar-refractivity contribution in [3.63, 3.8) is 0 Å². The lowest BCUT2D eigenvalue weighted by molar-refractivity contribution is -0.114. The Balaban J connectivity index is 1.60. The molecule has 1 aliphatic rings. The van der Waals surface area contributed by atoms with Crippen molar-refractivity contribution in [2.24, 2.45) is 0 Å².